The van der Waals surface area contributed by atoms with E-state index in [1.807, 2.05) is 18.2 Å². The SMILES string of the molecule is COc1ccc2c(c1)C[C@@H](N)C(=O)N2. The third-order valence-electron chi connectivity index (χ3n) is 2.35. The second-order valence-corrected chi connectivity index (χ2v) is 3.32. The average molecular weight is 192 g/mol. The number of ether oxygens (including phenoxy) is 1. The molecular weight excluding hydrogens is 180 g/mol. The van der Waals surface area contributed by atoms with Gasteiger partial charge in [0, 0.05) is 5.69 Å². The maximum absolute atomic E-state index is 11.2. The van der Waals surface area contributed by atoms with Crippen molar-refractivity contribution in [3.8, 4) is 5.75 Å². The molecule has 0 bridgehead atoms. The number of carbonyl (C=O) groups excluding carboxylic acids is 1. The summed E-state index contributed by atoms with van der Waals surface area (Å²) in [6, 6.07) is 5.09. The van der Waals surface area contributed by atoms with Crippen LogP contribution in [-0.2, 0) is 11.2 Å². The molecule has 1 atom stereocenters. The van der Waals surface area contributed by atoms with Crippen LogP contribution in [0.4, 0.5) is 5.69 Å². The van der Waals surface area contributed by atoms with Gasteiger partial charge >= 0.3 is 0 Å². The Morgan fingerprint density at radius 1 is 1.57 bits per heavy atom. The number of methoxy groups -OCH3 is 1. The summed E-state index contributed by atoms with van der Waals surface area (Å²) in [7, 11) is 1.61. The van der Waals surface area contributed by atoms with Crippen molar-refractivity contribution in [3.63, 3.8) is 0 Å². The van der Waals surface area contributed by atoms with Gasteiger partial charge in [0.1, 0.15) is 5.75 Å². The summed E-state index contributed by atoms with van der Waals surface area (Å²) in [6.45, 7) is 0. The lowest BCUT2D eigenvalue weighted by Crippen LogP contribution is -2.40. The monoisotopic (exact) mass is 192 g/mol. The Bertz CT molecular complexity index is 376. The van der Waals surface area contributed by atoms with Gasteiger partial charge in [-0.1, -0.05) is 0 Å². The van der Waals surface area contributed by atoms with Crippen molar-refractivity contribution in [2.75, 3.05) is 12.4 Å². The summed E-state index contributed by atoms with van der Waals surface area (Å²) in [5, 5.41) is 2.74. The Labute approximate surface area is 82.1 Å². The van der Waals surface area contributed by atoms with Crippen molar-refractivity contribution >= 4 is 11.6 Å². The zero-order chi connectivity index (χ0) is 10.1. The molecule has 0 aromatic heterocycles. The number of fused-ring (bicyclic) bond motifs is 1. The fourth-order valence-electron chi connectivity index (χ4n) is 1.54. The minimum absolute atomic E-state index is 0.123. The zero-order valence-corrected chi connectivity index (χ0v) is 7.91. The lowest BCUT2D eigenvalue weighted by molar-refractivity contribution is -0.117. The van der Waals surface area contributed by atoms with E-state index < -0.39 is 6.04 Å². The maximum Gasteiger partial charge on any atom is 0.241 e. The summed E-state index contributed by atoms with van der Waals surface area (Å²) in [6.07, 6.45) is 0.568. The van der Waals surface area contributed by atoms with E-state index in [4.69, 9.17) is 10.5 Å². The largest absolute Gasteiger partial charge is 0.497 e. The number of anilines is 1. The van der Waals surface area contributed by atoms with E-state index in [1.54, 1.807) is 7.11 Å². The van der Waals surface area contributed by atoms with Crippen molar-refractivity contribution in [1.29, 1.82) is 0 Å². The third kappa shape index (κ3) is 1.44. The molecule has 1 aliphatic heterocycles. The van der Waals surface area contributed by atoms with Crippen molar-refractivity contribution in [3.05, 3.63) is 23.8 Å². The number of carbonyl (C=O) groups is 1. The molecule has 1 aliphatic rings. The average Bonchev–Trinajstić information content (AvgIpc) is 2.19. The summed E-state index contributed by atoms with van der Waals surface area (Å²) < 4.78 is 5.09. The van der Waals surface area contributed by atoms with Crippen LogP contribution in [0.15, 0.2) is 18.2 Å². The molecule has 0 radical (unpaired) electrons. The molecule has 1 aromatic rings. The van der Waals surface area contributed by atoms with Crippen molar-refractivity contribution in [2.45, 2.75) is 12.5 Å². The molecule has 2 rings (SSSR count). The number of hydrogen-bond acceptors (Lipinski definition) is 3. The molecule has 0 spiro atoms. The van der Waals surface area contributed by atoms with Crippen molar-refractivity contribution < 1.29 is 9.53 Å². The van der Waals surface area contributed by atoms with E-state index in [1.165, 1.54) is 0 Å². The van der Waals surface area contributed by atoms with Crippen molar-refractivity contribution in [2.24, 2.45) is 5.73 Å². The number of amides is 1. The Morgan fingerprint density at radius 2 is 2.36 bits per heavy atom. The normalized spacial score (nSPS) is 19.9. The standard InChI is InChI=1S/C10H12N2O2/c1-14-7-2-3-9-6(4-7)5-8(11)10(13)12-9/h2-4,8H,5,11H2,1H3,(H,12,13)/t8-/m1/s1. The number of rotatable bonds is 1. The minimum atomic E-state index is -0.449. The molecule has 74 valence electrons. The van der Waals surface area contributed by atoms with Crippen LogP contribution in [0, 0.1) is 0 Å². The first-order chi connectivity index (χ1) is 6.70. The first kappa shape index (κ1) is 9.02. The van der Waals surface area contributed by atoms with Gasteiger partial charge in [0.25, 0.3) is 0 Å². The molecule has 3 N–H and O–H groups in total. The van der Waals surface area contributed by atoms with Crippen LogP contribution in [0.1, 0.15) is 5.56 Å². The molecule has 0 unspecified atom stereocenters. The van der Waals surface area contributed by atoms with E-state index in [0.29, 0.717) is 6.42 Å². The molecular formula is C10H12N2O2. The molecule has 1 aromatic carbocycles. The zero-order valence-electron chi connectivity index (χ0n) is 7.91. The number of nitrogens with two attached hydrogens (primary N) is 1. The highest BCUT2D eigenvalue weighted by Gasteiger charge is 2.22. The number of nitrogens with one attached hydrogen (secondary N) is 1. The number of hydrogen-bond donors (Lipinski definition) is 2. The highest BCUT2D eigenvalue weighted by Crippen LogP contribution is 2.26. The van der Waals surface area contributed by atoms with Gasteiger partial charge in [0.05, 0.1) is 13.2 Å². The molecule has 0 fully saturated rings. The van der Waals surface area contributed by atoms with Crippen LogP contribution in [0.3, 0.4) is 0 Å². The Balaban J connectivity index is 2.37. The molecule has 0 aliphatic carbocycles. The Morgan fingerprint density at radius 3 is 3.07 bits per heavy atom. The quantitative estimate of drug-likeness (QED) is 0.681. The van der Waals surface area contributed by atoms with Crippen LogP contribution in [-0.4, -0.2) is 19.1 Å². The van der Waals surface area contributed by atoms with Gasteiger partial charge in [0.2, 0.25) is 5.91 Å². The van der Waals surface area contributed by atoms with E-state index in [9.17, 15) is 4.79 Å². The van der Waals surface area contributed by atoms with Crippen LogP contribution < -0.4 is 15.8 Å². The fourth-order valence-corrected chi connectivity index (χ4v) is 1.54. The highest BCUT2D eigenvalue weighted by atomic mass is 16.5. The third-order valence-corrected chi connectivity index (χ3v) is 2.35. The van der Waals surface area contributed by atoms with Crippen LogP contribution >= 0.6 is 0 Å². The topological polar surface area (TPSA) is 64.3 Å². The Hall–Kier alpha value is -1.55. The fraction of sp³-hybridized carbons (Fsp3) is 0.300. The lowest BCUT2D eigenvalue weighted by atomic mass is 9.99. The maximum atomic E-state index is 11.2. The summed E-state index contributed by atoms with van der Waals surface area (Å²) in [5.74, 6) is 0.662. The second kappa shape index (κ2) is 3.31. The molecule has 4 heteroatoms. The lowest BCUT2D eigenvalue weighted by Gasteiger charge is -2.21. The summed E-state index contributed by atoms with van der Waals surface area (Å²) in [4.78, 5) is 11.2. The summed E-state index contributed by atoms with van der Waals surface area (Å²) >= 11 is 0. The molecule has 14 heavy (non-hydrogen) atoms. The second-order valence-electron chi connectivity index (χ2n) is 3.32. The van der Waals surface area contributed by atoms with Crippen LogP contribution in [0.5, 0.6) is 5.75 Å². The first-order valence-corrected chi connectivity index (χ1v) is 4.44. The van der Waals surface area contributed by atoms with Gasteiger partial charge in [-0.3, -0.25) is 4.79 Å². The van der Waals surface area contributed by atoms with Gasteiger partial charge in [-0.15, -0.1) is 0 Å². The highest BCUT2D eigenvalue weighted by molar-refractivity contribution is 5.97. The predicted molar refractivity (Wildman–Crippen MR) is 53.3 cm³/mol. The van der Waals surface area contributed by atoms with Gasteiger partial charge in [-0.25, -0.2) is 0 Å². The van der Waals surface area contributed by atoms with E-state index in [-0.39, 0.29) is 5.91 Å². The predicted octanol–water partition coefficient (Wildman–Crippen LogP) is 0.517. The molecule has 4 nitrogen and oxygen atoms in total. The molecule has 1 amide bonds. The number of benzene rings is 1. The van der Waals surface area contributed by atoms with E-state index >= 15 is 0 Å². The minimum Gasteiger partial charge on any atom is -0.497 e. The van der Waals surface area contributed by atoms with Gasteiger partial charge < -0.3 is 15.8 Å². The van der Waals surface area contributed by atoms with Crippen LogP contribution in [0.2, 0.25) is 0 Å². The summed E-state index contributed by atoms with van der Waals surface area (Å²) in [5.41, 5.74) is 7.49. The van der Waals surface area contributed by atoms with Gasteiger partial charge in [0.15, 0.2) is 0 Å². The molecule has 1 heterocycles. The molecule has 0 saturated carbocycles. The van der Waals surface area contributed by atoms with Crippen LogP contribution in [0.25, 0.3) is 0 Å². The van der Waals surface area contributed by atoms with Crippen molar-refractivity contribution in [1.82, 2.24) is 0 Å². The van der Waals surface area contributed by atoms with Gasteiger partial charge in [-0.05, 0) is 30.2 Å². The molecule has 0 saturated heterocycles. The van der Waals surface area contributed by atoms with E-state index in [2.05, 4.69) is 5.32 Å². The Kier molecular flexibility index (Phi) is 2.13. The van der Waals surface area contributed by atoms with E-state index in [0.717, 1.165) is 17.0 Å². The first-order valence-electron chi connectivity index (χ1n) is 4.44. The van der Waals surface area contributed by atoms with Gasteiger partial charge in [-0.2, -0.15) is 0 Å². The smallest absolute Gasteiger partial charge is 0.241 e.